The highest BCUT2D eigenvalue weighted by Gasteiger charge is 2.28. The van der Waals surface area contributed by atoms with Gasteiger partial charge in [-0.3, -0.25) is 11.3 Å². The normalized spacial score (nSPS) is 19.1. The van der Waals surface area contributed by atoms with Crippen molar-refractivity contribution in [2.45, 2.75) is 25.3 Å². The van der Waals surface area contributed by atoms with Crippen LogP contribution in [-0.2, 0) is 12.8 Å². The van der Waals surface area contributed by atoms with E-state index in [2.05, 4.69) is 29.7 Å². The van der Waals surface area contributed by atoms with Gasteiger partial charge in [0, 0.05) is 5.02 Å². The van der Waals surface area contributed by atoms with Crippen LogP contribution >= 0.6 is 11.6 Å². The Kier molecular flexibility index (Phi) is 4.24. The van der Waals surface area contributed by atoms with Crippen molar-refractivity contribution in [2.24, 2.45) is 11.8 Å². The van der Waals surface area contributed by atoms with E-state index in [0.29, 0.717) is 10.9 Å². The molecule has 0 radical (unpaired) electrons. The van der Waals surface area contributed by atoms with Crippen LogP contribution in [0.3, 0.4) is 0 Å². The van der Waals surface area contributed by atoms with Gasteiger partial charge in [0.2, 0.25) is 0 Å². The lowest BCUT2D eigenvalue weighted by Gasteiger charge is -2.32. The van der Waals surface area contributed by atoms with Crippen molar-refractivity contribution < 1.29 is 4.39 Å². The molecule has 2 nitrogen and oxygen atoms in total. The van der Waals surface area contributed by atoms with E-state index in [9.17, 15) is 4.39 Å². The topological polar surface area (TPSA) is 38.0 Å². The number of hydrazine groups is 1. The van der Waals surface area contributed by atoms with Crippen LogP contribution in [-0.4, -0.2) is 0 Å². The molecular formula is C17H18ClFN2. The van der Waals surface area contributed by atoms with E-state index in [4.69, 9.17) is 17.4 Å². The Balaban J connectivity index is 1.90. The van der Waals surface area contributed by atoms with Crippen LogP contribution in [0.5, 0.6) is 0 Å². The molecule has 4 heteroatoms. The summed E-state index contributed by atoms with van der Waals surface area (Å²) >= 11 is 6.23. The van der Waals surface area contributed by atoms with E-state index >= 15 is 0 Å². The van der Waals surface area contributed by atoms with Gasteiger partial charge in [-0.05, 0) is 60.1 Å². The lowest BCUT2D eigenvalue weighted by molar-refractivity contribution is 0.329. The average molecular weight is 305 g/mol. The van der Waals surface area contributed by atoms with Gasteiger partial charge in [-0.25, -0.2) is 4.39 Å². The number of halogens is 2. The third kappa shape index (κ3) is 2.95. The minimum Gasteiger partial charge on any atom is -0.271 e. The number of nitrogens with one attached hydrogen (secondary N) is 1. The summed E-state index contributed by atoms with van der Waals surface area (Å²) in [7, 11) is 0. The van der Waals surface area contributed by atoms with Gasteiger partial charge < -0.3 is 0 Å². The highest BCUT2D eigenvalue weighted by atomic mass is 35.5. The summed E-state index contributed by atoms with van der Waals surface area (Å²) in [4.78, 5) is 0. The summed E-state index contributed by atoms with van der Waals surface area (Å²) in [6, 6.07) is 12.8. The maximum absolute atomic E-state index is 13.5. The molecule has 2 atom stereocenters. The summed E-state index contributed by atoms with van der Waals surface area (Å²) in [5.41, 5.74) is 6.32. The highest BCUT2D eigenvalue weighted by molar-refractivity contribution is 6.31. The molecule has 110 valence electrons. The second-order valence-corrected chi connectivity index (χ2v) is 5.99. The summed E-state index contributed by atoms with van der Waals surface area (Å²) < 4.78 is 13.5. The largest absolute Gasteiger partial charge is 0.271 e. The molecule has 0 bridgehead atoms. The third-order valence-corrected chi connectivity index (χ3v) is 4.67. The molecule has 0 aromatic heterocycles. The van der Waals surface area contributed by atoms with Crippen molar-refractivity contribution in [3.05, 3.63) is 70.0 Å². The molecule has 3 rings (SSSR count). The number of fused-ring (bicyclic) bond motifs is 1. The zero-order valence-corrected chi connectivity index (χ0v) is 12.4. The van der Waals surface area contributed by atoms with Crippen molar-refractivity contribution in [2.75, 3.05) is 0 Å². The number of aryl methyl sites for hydroxylation is 1. The second kappa shape index (κ2) is 6.14. The van der Waals surface area contributed by atoms with Gasteiger partial charge in [0.1, 0.15) is 5.82 Å². The summed E-state index contributed by atoms with van der Waals surface area (Å²) in [5.74, 6) is 5.77. The monoisotopic (exact) mass is 304 g/mol. The molecule has 0 spiro atoms. The minimum absolute atomic E-state index is 0.137. The van der Waals surface area contributed by atoms with Crippen molar-refractivity contribution in [3.63, 3.8) is 0 Å². The Labute approximate surface area is 129 Å². The van der Waals surface area contributed by atoms with E-state index in [0.717, 1.165) is 24.8 Å². The molecule has 0 heterocycles. The van der Waals surface area contributed by atoms with Gasteiger partial charge in [0.15, 0.2) is 0 Å². The first-order chi connectivity index (χ1) is 10.2. The van der Waals surface area contributed by atoms with Gasteiger partial charge in [-0.1, -0.05) is 35.9 Å². The summed E-state index contributed by atoms with van der Waals surface area (Å²) in [5, 5.41) is 0.554. The predicted octanol–water partition coefficient (Wildman–Crippen LogP) is 3.79. The van der Waals surface area contributed by atoms with Crippen LogP contribution in [0.25, 0.3) is 0 Å². The number of benzene rings is 2. The van der Waals surface area contributed by atoms with Gasteiger partial charge in [0.05, 0.1) is 6.04 Å². The average Bonchev–Trinajstić information content (AvgIpc) is 2.51. The van der Waals surface area contributed by atoms with E-state index in [-0.39, 0.29) is 11.9 Å². The van der Waals surface area contributed by atoms with Crippen LogP contribution in [0.4, 0.5) is 4.39 Å². The van der Waals surface area contributed by atoms with Crippen molar-refractivity contribution in [1.82, 2.24) is 5.43 Å². The number of hydrogen-bond acceptors (Lipinski definition) is 2. The Morgan fingerprint density at radius 1 is 1.19 bits per heavy atom. The minimum atomic E-state index is -0.286. The van der Waals surface area contributed by atoms with Crippen molar-refractivity contribution >= 4 is 11.6 Å². The van der Waals surface area contributed by atoms with Gasteiger partial charge >= 0.3 is 0 Å². The Morgan fingerprint density at radius 2 is 1.95 bits per heavy atom. The van der Waals surface area contributed by atoms with Crippen LogP contribution in [0, 0.1) is 11.7 Å². The fraction of sp³-hybridized carbons (Fsp3) is 0.294. The van der Waals surface area contributed by atoms with Gasteiger partial charge in [-0.2, -0.15) is 0 Å². The maximum atomic E-state index is 13.5. The van der Waals surface area contributed by atoms with E-state index in [1.807, 2.05) is 0 Å². The van der Waals surface area contributed by atoms with Crippen molar-refractivity contribution in [1.29, 1.82) is 0 Å². The van der Waals surface area contributed by atoms with Crippen LogP contribution in [0.1, 0.15) is 29.2 Å². The number of hydrogen-bond donors (Lipinski definition) is 2. The van der Waals surface area contributed by atoms with E-state index in [1.165, 1.54) is 23.3 Å². The number of rotatable bonds is 3. The molecule has 2 unspecified atom stereocenters. The predicted molar refractivity (Wildman–Crippen MR) is 83.4 cm³/mol. The maximum Gasteiger partial charge on any atom is 0.123 e. The molecular weight excluding hydrogens is 287 g/mol. The zero-order valence-electron chi connectivity index (χ0n) is 11.7. The Bertz CT molecular complexity index is 644. The SMILES string of the molecule is NNC(c1cc(F)ccc1Cl)C1CCc2ccccc2C1. The molecule has 21 heavy (non-hydrogen) atoms. The molecule has 1 aliphatic rings. The van der Waals surface area contributed by atoms with Crippen LogP contribution in [0.2, 0.25) is 5.02 Å². The molecule has 2 aromatic rings. The van der Waals surface area contributed by atoms with Gasteiger partial charge in [-0.15, -0.1) is 0 Å². The highest BCUT2D eigenvalue weighted by Crippen LogP contribution is 2.36. The first kappa shape index (κ1) is 14.5. The lowest BCUT2D eigenvalue weighted by Crippen LogP contribution is -2.36. The molecule has 0 fully saturated rings. The van der Waals surface area contributed by atoms with E-state index < -0.39 is 0 Å². The second-order valence-electron chi connectivity index (χ2n) is 5.58. The molecule has 1 aliphatic carbocycles. The number of nitrogens with two attached hydrogens (primary N) is 1. The van der Waals surface area contributed by atoms with Crippen molar-refractivity contribution in [3.8, 4) is 0 Å². The van der Waals surface area contributed by atoms with Crippen LogP contribution in [0.15, 0.2) is 42.5 Å². The first-order valence-corrected chi connectivity index (χ1v) is 7.54. The first-order valence-electron chi connectivity index (χ1n) is 7.17. The molecule has 3 N–H and O–H groups in total. The fourth-order valence-corrected chi connectivity index (χ4v) is 3.48. The summed E-state index contributed by atoms with van der Waals surface area (Å²) in [6.07, 6.45) is 2.96. The quantitative estimate of drug-likeness (QED) is 0.669. The standard InChI is InChI=1S/C17H18ClFN2/c18-16-8-7-14(19)10-15(16)17(21-20)13-6-5-11-3-1-2-4-12(11)9-13/h1-4,7-8,10,13,17,21H,5-6,9,20H2. The lowest BCUT2D eigenvalue weighted by atomic mass is 9.78. The Morgan fingerprint density at radius 3 is 2.71 bits per heavy atom. The molecule has 0 saturated carbocycles. The molecule has 0 saturated heterocycles. The summed E-state index contributed by atoms with van der Waals surface area (Å²) in [6.45, 7) is 0. The Hall–Kier alpha value is -1.42. The van der Waals surface area contributed by atoms with E-state index in [1.54, 1.807) is 6.07 Å². The van der Waals surface area contributed by atoms with Gasteiger partial charge in [0.25, 0.3) is 0 Å². The smallest absolute Gasteiger partial charge is 0.123 e. The molecule has 0 aliphatic heterocycles. The third-order valence-electron chi connectivity index (χ3n) is 4.33. The fourth-order valence-electron chi connectivity index (χ4n) is 3.24. The molecule has 0 amide bonds. The van der Waals surface area contributed by atoms with Crippen LogP contribution < -0.4 is 11.3 Å². The molecule has 2 aromatic carbocycles. The zero-order chi connectivity index (χ0) is 14.8.